The average molecular weight is 518 g/mol. The van der Waals surface area contributed by atoms with Crippen molar-refractivity contribution < 1.29 is 34.5 Å². The number of nitrogens with one attached hydrogen (secondary N) is 3. The molecule has 0 heterocycles. The summed E-state index contributed by atoms with van der Waals surface area (Å²) in [5.74, 6) is -2.34. The van der Waals surface area contributed by atoms with Crippen LogP contribution >= 0.6 is 11.8 Å². The number of phenols is 2. The molecule has 6 N–H and O–H groups in total. The highest BCUT2D eigenvalue weighted by molar-refractivity contribution is 7.98. The van der Waals surface area contributed by atoms with Gasteiger partial charge >= 0.3 is 5.97 Å². The SMILES string of the molecule is CSCC[C@H](NC(=O)[C@H](Cc1ccc(O)cc1)NC(=O)[C@H](Cc1ccc(O)cc1)NC(C)=O)C(=O)O. The molecule has 0 aliphatic carbocycles. The summed E-state index contributed by atoms with van der Waals surface area (Å²) >= 11 is 1.44. The highest BCUT2D eigenvalue weighted by Crippen LogP contribution is 2.14. The number of carboxylic acids is 1. The van der Waals surface area contributed by atoms with Crippen molar-refractivity contribution >= 4 is 35.5 Å². The van der Waals surface area contributed by atoms with E-state index < -0.39 is 41.8 Å². The first-order valence-corrected chi connectivity index (χ1v) is 12.6. The Labute approximate surface area is 213 Å². The van der Waals surface area contributed by atoms with Crippen molar-refractivity contribution in [3.63, 3.8) is 0 Å². The minimum atomic E-state index is -1.18. The van der Waals surface area contributed by atoms with Crippen LogP contribution in [0.15, 0.2) is 48.5 Å². The third kappa shape index (κ3) is 9.49. The molecule has 2 aromatic carbocycles. The number of hydrogen-bond donors (Lipinski definition) is 6. The summed E-state index contributed by atoms with van der Waals surface area (Å²) in [6, 6.07) is 8.90. The normalized spacial score (nSPS) is 13.2. The molecule has 0 aliphatic rings. The second-order valence-corrected chi connectivity index (χ2v) is 9.22. The second-order valence-electron chi connectivity index (χ2n) is 8.24. The summed E-state index contributed by atoms with van der Waals surface area (Å²) in [6.45, 7) is 1.26. The van der Waals surface area contributed by atoms with Crippen LogP contribution < -0.4 is 16.0 Å². The van der Waals surface area contributed by atoms with Gasteiger partial charge in [-0.2, -0.15) is 11.8 Å². The number of amides is 3. The van der Waals surface area contributed by atoms with Gasteiger partial charge in [0.25, 0.3) is 0 Å². The largest absolute Gasteiger partial charge is 0.508 e. The van der Waals surface area contributed by atoms with Crippen LogP contribution in [0.5, 0.6) is 11.5 Å². The minimum absolute atomic E-state index is 0.0265. The number of hydrogen-bond acceptors (Lipinski definition) is 7. The van der Waals surface area contributed by atoms with E-state index in [0.29, 0.717) is 16.9 Å². The maximum absolute atomic E-state index is 13.2. The summed E-state index contributed by atoms with van der Waals surface area (Å²) in [6.07, 6.45) is 2.16. The van der Waals surface area contributed by atoms with Crippen molar-refractivity contribution in [1.29, 1.82) is 0 Å². The van der Waals surface area contributed by atoms with E-state index in [2.05, 4.69) is 16.0 Å². The Morgan fingerprint density at radius 2 is 1.17 bits per heavy atom. The molecular formula is C25H31N3O7S. The van der Waals surface area contributed by atoms with Gasteiger partial charge in [-0.25, -0.2) is 4.79 Å². The topological polar surface area (TPSA) is 165 Å². The number of carboxylic acid groups (broad SMARTS) is 1. The van der Waals surface area contributed by atoms with E-state index in [0.717, 1.165) is 0 Å². The molecular weight excluding hydrogens is 486 g/mol. The lowest BCUT2D eigenvalue weighted by Crippen LogP contribution is -2.56. The molecule has 0 bridgehead atoms. The zero-order valence-corrected chi connectivity index (χ0v) is 20.9. The first kappa shape index (κ1) is 28.5. The van der Waals surface area contributed by atoms with Crippen LogP contribution in [0.4, 0.5) is 0 Å². The number of thioether (sulfide) groups is 1. The van der Waals surface area contributed by atoms with Gasteiger partial charge in [0.2, 0.25) is 17.7 Å². The summed E-state index contributed by atoms with van der Waals surface area (Å²) in [5.41, 5.74) is 1.29. The summed E-state index contributed by atoms with van der Waals surface area (Å²) in [4.78, 5) is 49.7. The van der Waals surface area contributed by atoms with Crippen molar-refractivity contribution in [3.8, 4) is 11.5 Å². The number of aromatic hydroxyl groups is 2. The Bertz CT molecular complexity index is 1040. The maximum atomic E-state index is 13.2. The average Bonchev–Trinajstić information content (AvgIpc) is 2.83. The van der Waals surface area contributed by atoms with Gasteiger partial charge in [-0.3, -0.25) is 14.4 Å². The van der Waals surface area contributed by atoms with Crippen LogP contribution in [0.25, 0.3) is 0 Å². The monoisotopic (exact) mass is 517 g/mol. The molecule has 0 aliphatic heterocycles. The van der Waals surface area contributed by atoms with Crippen molar-refractivity contribution in [2.24, 2.45) is 0 Å². The molecule has 3 amide bonds. The van der Waals surface area contributed by atoms with Gasteiger partial charge in [-0.15, -0.1) is 0 Å². The van der Waals surface area contributed by atoms with Gasteiger partial charge in [0.15, 0.2) is 0 Å². The van der Waals surface area contributed by atoms with Crippen LogP contribution in [0.1, 0.15) is 24.5 Å². The molecule has 0 radical (unpaired) electrons. The van der Waals surface area contributed by atoms with Crippen molar-refractivity contribution in [1.82, 2.24) is 16.0 Å². The standard InChI is InChI=1S/C25H31N3O7S/c1-15(29)26-21(13-16-3-7-18(30)8-4-16)23(32)28-22(14-17-5-9-19(31)10-6-17)24(33)27-20(25(34)35)11-12-36-2/h3-10,20-22,30-31H,11-14H2,1-2H3,(H,26,29)(H,27,33)(H,28,32)(H,34,35)/t20-,21-,22-/m0/s1. The number of benzene rings is 2. The van der Waals surface area contributed by atoms with Crippen LogP contribution in [-0.4, -0.2) is 69.1 Å². The van der Waals surface area contributed by atoms with Crippen molar-refractivity contribution in [2.45, 2.75) is 44.3 Å². The maximum Gasteiger partial charge on any atom is 0.326 e. The summed E-state index contributed by atoms with van der Waals surface area (Å²) < 4.78 is 0. The van der Waals surface area contributed by atoms with Gasteiger partial charge in [0.1, 0.15) is 29.6 Å². The van der Waals surface area contributed by atoms with Crippen molar-refractivity contribution in [2.75, 3.05) is 12.0 Å². The van der Waals surface area contributed by atoms with E-state index in [9.17, 15) is 34.5 Å². The fraction of sp³-hybridized carbons (Fsp3) is 0.360. The third-order valence-electron chi connectivity index (χ3n) is 5.30. The smallest absolute Gasteiger partial charge is 0.326 e. The van der Waals surface area contributed by atoms with Crippen molar-refractivity contribution in [3.05, 3.63) is 59.7 Å². The quantitative estimate of drug-likeness (QED) is 0.231. The van der Waals surface area contributed by atoms with E-state index in [1.54, 1.807) is 24.3 Å². The first-order valence-electron chi connectivity index (χ1n) is 11.2. The fourth-order valence-electron chi connectivity index (χ4n) is 3.44. The lowest BCUT2D eigenvalue weighted by molar-refractivity contribution is -0.142. The van der Waals surface area contributed by atoms with E-state index in [1.807, 2.05) is 6.26 Å². The van der Waals surface area contributed by atoms with E-state index in [-0.39, 0.29) is 30.8 Å². The molecule has 11 heteroatoms. The van der Waals surface area contributed by atoms with E-state index in [1.165, 1.54) is 43.0 Å². The zero-order chi connectivity index (χ0) is 26.7. The second kappa shape index (κ2) is 14.0. The van der Waals surface area contributed by atoms with Gasteiger partial charge in [0, 0.05) is 19.8 Å². The molecule has 194 valence electrons. The zero-order valence-electron chi connectivity index (χ0n) is 20.1. The molecule has 10 nitrogen and oxygen atoms in total. The molecule has 36 heavy (non-hydrogen) atoms. The Kier molecular flexibility index (Phi) is 11.1. The predicted octanol–water partition coefficient (Wildman–Crippen LogP) is 1.19. The molecule has 0 aromatic heterocycles. The predicted molar refractivity (Wildman–Crippen MR) is 136 cm³/mol. The Hall–Kier alpha value is -3.73. The molecule has 2 rings (SSSR count). The number of rotatable bonds is 13. The highest BCUT2D eigenvalue weighted by atomic mass is 32.2. The molecule has 0 fully saturated rings. The van der Waals surface area contributed by atoms with Crippen LogP contribution in [0.2, 0.25) is 0 Å². The van der Waals surface area contributed by atoms with Gasteiger partial charge in [-0.1, -0.05) is 24.3 Å². The Morgan fingerprint density at radius 3 is 1.56 bits per heavy atom. The Morgan fingerprint density at radius 1 is 0.750 bits per heavy atom. The first-order chi connectivity index (χ1) is 17.1. The van der Waals surface area contributed by atoms with Crippen LogP contribution in [0, 0.1) is 0 Å². The van der Waals surface area contributed by atoms with Crippen LogP contribution in [0.3, 0.4) is 0 Å². The van der Waals surface area contributed by atoms with Gasteiger partial charge in [0.05, 0.1) is 0 Å². The third-order valence-corrected chi connectivity index (χ3v) is 5.95. The molecule has 0 spiro atoms. The van der Waals surface area contributed by atoms with Crippen LogP contribution in [-0.2, 0) is 32.0 Å². The van der Waals surface area contributed by atoms with E-state index in [4.69, 9.17) is 0 Å². The van der Waals surface area contributed by atoms with Gasteiger partial charge in [-0.05, 0) is 53.8 Å². The molecule has 0 saturated carbocycles. The molecule has 2 aromatic rings. The lowest BCUT2D eigenvalue weighted by Gasteiger charge is -2.24. The number of phenolic OH excluding ortho intramolecular Hbond substituents is 2. The molecule has 3 atom stereocenters. The molecule has 0 unspecified atom stereocenters. The number of carbonyl (C=O) groups excluding carboxylic acids is 3. The minimum Gasteiger partial charge on any atom is -0.508 e. The molecule has 0 saturated heterocycles. The fourth-order valence-corrected chi connectivity index (χ4v) is 3.91. The summed E-state index contributed by atoms with van der Waals surface area (Å²) in [7, 11) is 0. The number of carbonyl (C=O) groups is 4. The highest BCUT2D eigenvalue weighted by Gasteiger charge is 2.29. The number of aliphatic carboxylic acids is 1. The lowest BCUT2D eigenvalue weighted by atomic mass is 10.0. The Balaban J connectivity index is 2.25. The van der Waals surface area contributed by atoms with Gasteiger partial charge < -0.3 is 31.3 Å². The van der Waals surface area contributed by atoms with E-state index >= 15 is 0 Å². The summed E-state index contributed by atoms with van der Waals surface area (Å²) in [5, 5.41) is 36.2.